The van der Waals surface area contributed by atoms with Gasteiger partial charge in [0, 0.05) is 19.6 Å². The Morgan fingerprint density at radius 2 is 1.86 bits per heavy atom. The van der Waals surface area contributed by atoms with Crippen molar-refractivity contribution in [3.05, 3.63) is 0 Å². The van der Waals surface area contributed by atoms with Crippen LogP contribution in [0.5, 0.6) is 0 Å². The second-order valence-corrected chi connectivity index (χ2v) is 6.79. The minimum atomic E-state index is 0.224. The second-order valence-electron chi connectivity index (χ2n) is 6.79. The van der Waals surface area contributed by atoms with E-state index in [-0.39, 0.29) is 5.91 Å². The van der Waals surface area contributed by atoms with Crippen molar-refractivity contribution in [2.45, 2.75) is 63.9 Å². The first-order valence-corrected chi connectivity index (χ1v) is 8.81. The van der Waals surface area contributed by atoms with Gasteiger partial charge in [0.1, 0.15) is 0 Å². The molecule has 4 nitrogen and oxygen atoms in total. The molecule has 0 aromatic heterocycles. The summed E-state index contributed by atoms with van der Waals surface area (Å²) in [6.07, 6.45) is 10.9. The van der Waals surface area contributed by atoms with Gasteiger partial charge in [-0.2, -0.15) is 0 Å². The van der Waals surface area contributed by atoms with E-state index in [4.69, 9.17) is 4.74 Å². The predicted octanol–water partition coefficient (Wildman–Crippen LogP) is 2.57. The van der Waals surface area contributed by atoms with Crippen molar-refractivity contribution in [2.24, 2.45) is 5.92 Å². The van der Waals surface area contributed by atoms with Crippen LogP contribution in [-0.4, -0.2) is 50.2 Å². The second kappa shape index (κ2) is 9.42. The lowest BCUT2D eigenvalue weighted by Crippen LogP contribution is -2.34. The van der Waals surface area contributed by atoms with Crippen molar-refractivity contribution in [1.29, 1.82) is 0 Å². The Hall–Kier alpha value is -0.610. The number of likely N-dealkylation sites (tertiary alicyclic amines) is 1. The molecule has 2 aliphatic rings. The number of hydrogen-bond acceptors (Lipinski definition) is 3. The highest BCUT2D eigenvalue weighted by molar-refractivity contribution is 5.76. The molecule has 2 fully saturated rings. The van der Waals surface area contributed by atoms with E-state index in [1.54, 1.807) is 0 Å². The SMILES string of the molecule is CN1CCC(CC(=O)NCCCOC2CCCCC2)CC1. The zero-order valence-electron chi connectivity index (χ0n) is 13.6. The molecule has 0 aromatic carbocycles. The van der Waals surface area contributed by atoms with Crippen molar-refractivity contribution in [1.82, 2.24) is 10.2 Å². The maximum absolute atomic E-state index is 11.9. The summed E-state index contributed by atoms with van der Waals surface area (Å²) in [5.41, 5.74) is 0. The molecule has 21 heavy (non-hydrogen) atoms. The van der Waals surface area contributed by atoms with Gasteiger partial charge in [0.05, 0.1) is 6.10 Å². The predicted molar refractivity (Wildman–Crippen MR) is 85.3 cm³/mol. The average molecular weight is 296 g/mol. The van der Waals surface area contributed by atoms with E-state index in [1.165, 1.54) is 32.1 Å². The van der Waals surface area contributed by atoms with Gasteiger partial charge in [-0.1, -0.05) is 19.3 Å². The zero-order valence-corrected chi connectivity index (χ0v) is 13.6. The zero-order chi connectivity index (χ0) is 14.9. The number of amides is 1. The molecule has 0 aromatic rings. The Morgan fingerprint density at radius 1 is 1.14 bits per heavy atom. The van der Waals surface area contributed by atoms with Crippen molar-refractivity contribution in [2.75, 3.05) is 33.3 Å². The van der Waals surface area contributed by atoms with Gasteiger partial charge in [-0.3, -0.25) is 4.79 Å². The summed E-state index contributed by atoms with van der Waals surface area (Å²) in [5, 5.41) is 3.05. The van der Waals surface area contributed by atoms with Gasteiger partial charge in [0.25, 0.3) is 0 Å². The van der Waals surface area contributed by atoms with Gasteiger partial charge >= 0.3 is 0 Å². The highest BCUT2D eigenvalue weighted by atomic mass is 16.5. The van der Waals surface area contributed by atoms with Crippen LogP contribution in [0.1, 0.15) is 57.8 Å². The highest BCUT2D eigenvalue weighted by Gasteiger charge is 2.19. The molecule has 1 saturated carbocycles. The van der Waals surface area contributed by atoms with Gasteiger partial charge in [0.15, 0.2) is 0 Å². The summed E-state index contributed by atoms with van der Waals surface area (Å²) in [7, 11) is 2.16. The van der Waals surface area contributed by atoms with Crippen LogP contribution in [0.3, 0.4) is 0 Å². The van der Waals surface area contributed by atoms with E-state index >= 15 is 0 Å². The molecule has 0 unspecified atom stereocenters. The number of ether oxygens (including phenoxy) is 1. The van der Waals surface area contributed by atoms with E-state index in [0.29, 0.717) is 18.4 Å². The molecule has 1 heterocycles. The number of piperidine rings is 1. The van der Waals surface area contributed by atoms with E-state index in [9.17, 15) is 4.79 Å². The van der Waals surface area contributed by atoms with Crippen LogP contribution >= 0.6 is 0 Å². The van der Waals surface area contributed by atoms with Crippen LogP contribution < -0.4 is 5.32 Å². The van der Waals surface area contributed by atoms with E-state index in [2.05, 4.69) is 17.3 Å². The fraction of sp³-hybridized carbons (Fsp3) is 0.941. The smallest absolute Gasteiger partial charge is 0.220 e. The maximum Gasteiger partial charge on any atom is 0.220 e. The molecule has 1 amide bonds. The summed E-state index contributed by atoms with van der Waals surface area (Å²) >= 11 is 0. The summed E-state index contributed by atoms with van der Waals surface area (Å²) < 4.78 is 5.87. The lowest BCUT2D eigenvalue weighted by atomic mass is 9.93. The number of hydrogen-bond donors (Lipinski definition) is 1. The van der Waals surface area contributed by atoms with E-state index < -0.39 is 0 Å². The maximum atomic E-state index is 11.9. The molecule has 1 saturated heterocycles. The Balaban J connectivity index is 1.45. The van der Waals surface area contributed by atoms with Crippen molar-refractivity contribution < 1.29 is 9.53 Å². The Morgan fingerprint density at radius 3 is 2.57 bits per heavy atom. The molecular formula is C17H32N2O2. The number of carbonyl (C=O) groups excluding carboxylic acids is 1. The van der Waals surface area contributed by atoms with Gasteiger partial charge in [-0.05, 0) is 58.2 Å². The normalized spacial score (nSPS) is 22.3. The van der Waals surface area contributed by atoms with Crippen LogP contribution in [0.25, 0.3) is 0 Å². The van der Waals surface area contributed by atoms with E-state index in [1.807, 2.05) is 0 Å². The average Bonchev–Trinajstić information content (AvgIpc) is 2.50. The molecule has 2 rings (SSSR count). The summed E-state index contributed by atoms with van der Waals surface area (Å²) in [6.45, 7) is 3.82. The van der Waals surface area contributed by atoms with Gasteiger partial charge in [0.2, 0.25) is 5.91 Å². The van der Waals surface area contributed by atoms with Crippen molar-refractivity contribution >= 4 is 5.91 Å². The molecule has 0 spiro atoms. The monoisotopic (exact) mass is 296 g/mol. The Labute approximate surface area is 129 Å². The fourth-order valence-corrected chi connectivity index (χ4v) is 3.38. The number of nitrogens with one attached hydrogen (secondary N) is 1. The van der Waals surface area contributed by atoms with Crippen LogP contribution in [0, 0.1) is 5.92 Å². The molecule has 0 bridgehead atoms. The quantitative estimate of drug-likeness (QED) is 0.734. The minimum absolute atomic E-state index is 0.224. The molecule has 0 radical (unpaired) electrons. The molecule has 0 atom stereocenters. The molecule has 122 valence electrons. The first-order chi connectivity index (χ1) is 10.2. The molecule has 1 aliphatic carbocycles. The summed E-state index contributed by atoms with van der Waals surface area (Å²) in [5.74, 6) is 0.807. The standard InChI is InChI=1S/C17H32N2O2/c1-19-11-8-15(9-12-19)14-17(20)18-10-5-13-21-16-6-3-2-4-7-16/h15-16H,2-14H2,1H3,(H,18,20). The van der Waals surface area contributed by atoms with Gasteiger partial charge < -0.3 is 15.0 Å². The Kier molecular flexibility index (Phi) is 7.51. The number of nitrogens with zero attached hydrogens (tertiary/aromatic N) is 1. The third-order valence-corrected chi connectivity index (χ3v) is 4.86. The third kappa shape index (κ3) is 6.79. The topological polar surface area (TPSA) is 41.6 Å². The third-order valence-electron chi connectivity index (χ3n) is 4.86. The summed E-state index contributed by atoms with van der Waals surface area (Å²) in [4.78, 5) is 14.2. The van der Waals surface area contributed by atoms with Crippen LogP contribution in [0.15, 0.2) is 0 Å². The summed E-state index contributed by atoms with van der Waals surface area (Å²) in [6, 6.07) is 0. The molecule has 4 heteroatoms. The molecule has 1 N–H and O–H groups in total. The van der Waals surface area contributed by atoms with E-state index in [0.717, 1.165) is 45.5 Å². The number of carbonyl (C=O) groups is 1. The highest BCUT2D eigenvalue weighted by Crippen LogP contribution is 2.20. The lowest BCUT2D eigenvalue weighted by Gasteiger charge is -2.28. The van der Waals surface area contributed by atoms with Crippen LogP contribution in [0.4, 0.5) is 0 Å². The Bertz CT molecular complexity index is 295. The molecular weight excluding hydrogens is 264 g/mol. The van der Waals surface area contributed by atoms with Crippen LogP contribution in [0.2, 0.25) is 0 Å². The molecule has 1 aliphatic heterocycles. The number of rotatable bonds is 7. The van der Waals surface area contributed by atoms with Gasteiger partial charge in [-0.25, -0.2) is 0 Å². The largest absolute Gasteiger partial charge is 0.378 e. The van der Waals surface area contributed by atoms with Crippen molar-refractivity contribution in [3.8, 4) is 0 Å². The minimum Gasteiger partial charge on any atom is -0.378 e. The fourth-order valence-electron chi connectivity index (χ4n) is 3.38. The first-order valence-electron chi connectivity index (χ1n) is 8.81. The first kappa shape index (κ1) is 16.8. The van der Waals surface area contributed by atoms with Crippen LogP contribution in [-0.2, 0) is 9.53 Å². The van der Waals surface area contributed by atoms with Gasteiger partial charge in [-0.15, -0.1) is 0 Å². The lowest BCUT2D eigenvalue weighted by molar-refractivity contribution is -0.122. The van der Waals surface area contributed by atoms with Crippen molar-refractivity contribution in [3.63, 3.8) is 0 Å².